The maximum Gasteiger partial charge on any atom is 0.399 e. The molecule has 0 saturated heterocycles. The summed E-state index contributed by atoms with van der Waals surface area (Å²) in [5, 5.41) is 8.57. The van der Waals surface area contributed by atoms with E-state index in [1.165, 1.54) is 0 Å². The Labute approximate surface area is 93.3 Å². The molecule has 0 bridgehead atoms. The minimum Gasteiger partial charge on any atom is -0.240 e. The lowest BCUT2D eigenvalue weighted by molar-refractivity contribution is -0.137. The number of hydrogen-bond donors (Lipinski definition) is 0. The molecular weight excluding hydrogens is 269 g/mol. The SMILES string of the molecule is [O]C(=O)/C(Cl)=C(\Cl)C(Cl)=C(Cl)Cl. The molecule has 0 aliphatic rings. The van der Waals surface area contributed by atoms with Crippen LogP contribution >= 0.6 is 58.0 Å². The number of allylic oxidation sites excluding steroid dienone is 2. The Hall–Kier alpha value is 0.400. The summed E-state index contributed by atoms with van der Waals surface area (Å²) >= 11 is 26.2. The Morgan fingerprint density at radius 3 is 1.42 bits per heavy atom. The number of carbonyl (C=O) groups is 1. The molecule has 1 radical (unpaired) electrons. The second kappa shape index (κ2) is 5.20. The van der Waals surface area contributed by atoms with Crippen LogP contribution < -0.4 is 0 Å². The summed E-state index contributed by atoms with van der Waals surface area (Å²) in [6.45, 7) is 0. The molecule has 2 nitrogen and oxygen atoms in total. The predicted octanol–water partition coefficient (Wildman–Crippen LogP) is 3.52. The molecule has 0 aromatic carbocycles. The Kier molecular flexibility index (Phi) is 5.37. The van der Waals surface area contributed by atoms with Gasteiger partial charge in [-0.3, -0.25) is 0 Å². The Morgan fingerprint density at radius 1 is 0.750 bits per heavy atom. The van der Waals surface area contributed by atoms with Crippen molar-refractivity contribution in [2.24, 2.45) is 0 Å². The van der Waals surface area contributed by atoms with Gasteiger partial charge in [0.1, 0.15) is 4.49 Å². The third kappa shape index (κ3) is 3.42. The van der Waals surface area contributed by atoms with Crippen LogP contribution in [0.3, 0.4) is 0 Å². The zero-order valence-corrected chi connectivity index (χ0v) is 8.99. The fourth-order valence-corrected chi connectivity index (χ4v) is 0.964. The smallest absolute Gasteiger partial charge is 0.240 e. The minimum atomic E-state index is -1.66. The van der Waals surface area contributed by atoms with E-state index in [2.05, 4.69) is 0 Å². The zero-order chi connectivity index (χ0) is 9.89. The molecule has 0 aromatic heterocycles. The molecule has 0 aromatic rings. The third-order valence-electron chi connectivity index (χ3n) is 0.731. The van der Waals surface area contributed by atoms with Crippen LogP contribution in [0.5, 0.6) is 0 Å². The predicted molar refractivity (Wildman–Crippen MR) is 49.0 cm³/mol. The molecule has 0 rings (SSSR count). The number of rotatable bonds is 2. The first-order valence-corrected chi connectivity index (χ1v) is 4.24. The average Bonchev–Trinajstić information content (AvgIpc) is 2.00. The summed E-state index contributed by atoms with van der Waals surface area (Å²) in [6.07, 6.45) is 0. The lowest BCUT2D eigenvalue weighted by Gasteiger charge is -1.96. The quantitative estimate of drug-likeness (QED) is 0.558. The highest BCUT2D eigenvalue weighted by atomic mass is 35.5. The summed E-state index contributed by atoms with van der Waals surface area (Å²) in [7, 11) is 0. The first-order chi connectivity index (χ1) is 5.37. The van der Waals surface area contributed by atoms with Crippen molar-refractivity contribution in [2.45, 2.75) is 0 Å². The van der Waals surface area contributed by atoms with E-state index in [0.29, 0.717) is 0 Å². The van der Waals surface area contributed by atoms with Gasteiger partial charge in [0.25, 0.3) is 0 Å². The molecule has 0 saturated carbocycles. The summed E-state index contributed by atoms with van der Waals surface area (Å²) in [5.41, 5.74) is 0. The summed E-state index contributed by atoms with van der Waals surface area (Å²) in [6, 6.07) is 0. The fraction of sp³-hybridized carbons (Fsp3) is 0. The Balaban J connectivity index is 5.06. The summed E-state index contributed by atoms with van der Waals surface area (Å²) < 4.78 is -0.374. The van der Waals surface area contributed by atoms with Gasteiger partial charge in [-0.2, -0.15) is 0 Å². The van der Waals surface area contributed by atoms with Gasteiger partial charge in [0.15, 0.2) is 5.03 Å². The highest BCUT2D eigenvalue weighted by molar-refractivity contribution is 6.62. The van der Waals surface area contributed by atoms with Crippen LogP contribution in [-0.2, 0) is 9.90 Å². The zero-order valence-electron chi connectivity index (χ0n) is 5.21. The second-order valence-corrected chi connectivity index (χ2v) is 3.57. The molecule has 0 unspecified atom stereocenters. The van der Waals surface area contributed by atoms with E-state index >= 15 is 0 Å². The van der Waals surface area contributed by atoms with Gasteiger partial charge in [-0.15, -0.1) is 0 Å². The monoisotopic (exact) mass is 267 g/mol. The van der Waals surface area contributed by atoms with Crippen molar-refractivity contribution in [3.8, 4) is 0 Å². The minimum absolute atomic E-state index is 0.339. The van der Waals surface area contributed by atoms with E-state index < -0.39 is 16.0 Å². The average molecular weight is 269 g/mol. The van der Waals surface area contributed by atoms with Crippen molar-refractivity contribution in [3.63, 3.8) is 0 Å². The van der Waals surface area contributed by atoms with Crippen LogP contribution in [0.15, 0.2) is 19.6 Å². The summed E-state index contributed by atoms with van der Waals surface area (Å²) in [5.74, 6) is -1.66. The molecule has 67 valence electrons. The molecule has 7 heteroatoms. The van der Waals surface area contributed by atoms with Gasteiger partial charge in [-0.05, 0) is 0 Å². The molecular formula is C5Cl5O2. The maximum absolute atomic E-state index is 10.1. The number of carbonyl (C=O) groups excluding carboxylic acids is 1. The van der Waals surface area contributed by atoms with E-state index in [1.54, 1.807) is 0 Å². The van der Waals surface area contributed by atoms with E-state index in [4.69, 9.17) is 58.0 Å². The third-order valence-corrected chi connectivity index (χ3v) is 2.59. The summed E-state index contributed by atoms with van der Waals surface area (Å²) in [4.78, 5) is 10.1. The highest BCUT2D eigenvalue weighted by Crippen LogP contribution is 2.31. The van der Waals surface area contributed by atoms with Gasteiger partial charge < -0.3 is 0 Å². The topological polar surface area (TPSA) is 37.0 Å². The van der Waals surface area contributed by atoms with Gasteiger partial charge in [-0.25, -0.2) is 9.90 Å². The number of hydrogen-bond acceptors (Lipinski definition) is 1. The standard InChI is InChI=1S/C5Cl5O2/c6-1(2(7)4(9)10)3(8)5(11)12/b3-1+. The van der Waals surface area contributed by atoms with Crippen LogP contribution in [0.4, 0.5) is 0 Å². The second-order valence-electron chi connectivity index (χ2n) is 1.49. The first kappa shape index (κ1) is 12.4. The van der Waals surface area contributed by atoms with Crippen molar-refractivity contribution in [1.82, 2.24) is 0 Å². The van der Waals surface area contributed by atoms with Crippen LogP contribution in [-0.4, -0.2) is 5.97 Å². The molecule has 0 aliphatic carbocycles. The lowest BCUT2D eigenvalue weighted by Crippen LogP contribution is -1.94. The Morgan fingerprint density at radius 2 is 1.17 bits per heavy atom. The van der Waals surface area contributed by atoms with Gasteiger partial charge in [-0.1, -0.05) is 58.0 Å². The van der Waals surface area contributed by atoms with E-state index in [9.17, 15) is 9.90 Å². The van der Waals surface area contributed by atoms with Crippen LogP contribution in [0.2, 0.25) is 0 Å². The molecule has 0 spiro atoms. The largest absolute Gasteiger partial charge is 0.399 e. The molecule has 0 fully saturated rings. The van der Waals surface area contributed by atoms with Crippen LogP contribution in [0, 0.1) is 0 Å². The van der Waals surface area contributed by atoms with Crippen molar-refractivity contribution in [3.05, 3.63) is 19.6 Å². The van der Waals surface area contributed by atoms with Gasteiger partial charge in [0.05, 0.1) is 10.1 Å². The lowest BCUT2D eigenvalue weighted by atomic mass is 10.5. The van der Waals surface area contributed by atoms with Crippen molar-refractivity contribution in [2.75, 3.05) is 0 Å². The van der Waals surface area contributed by atoms with Crippen molar-refractivity contribution in [1.29, 1.82) is 0 Å². The molecule has 0 aliphatic heterocycles. The fourth-order valence-electron chi connectivity index (χ4n) is 0.269. The molecule has 0 heterocycles. The van der Waals surface area contributed by atoms with E-state index in [-0.39, 0.29) is 9.52 Å². The van der Waals surface area contributed by atoms with Gasteiger partial charge >= 0.3 is 5.97 Å². The molecule has 0 N–H and O–H groups in total. The van der Waals surface area contributed by atoms with Crippen LogP contribution in [0.1, 0.15) is 0 Å². The normalized spacial score (nSPS) is 12.1. The van der Waals surface area contributed by atoms with Crippen LogP contribution in [0.25, 0.3) is 0 Å². The molecule has 12 heavy (non-hydrogen) atoms. The van der Waals surface area contributed by atoms with Gasteiger partial charge in [0.2, 0.25) is 0 Å². The van der Waals surface area contributed by atoms with E-state index in [1.807, 2.05) is 0 Å². The maximum atomic E-state index is 10.1. The molecule has 0 amide bonds. The first-order valence-electron chi connectivity index (χ1n) is 2.35. The van der Waals surface area contributed by atoms with Gasteiger partial charge in [0, 0.05) is 0 Å². The Bertz CT molecular complexity index is 263. The molecule has 0 atom stereocenters. The van der Waals surface area contributed by atoms with E-state index in [0.717, 1.165) is 0 Å². The highest BCUT2D eigenvalue weighted by Gasteiger charge is 2.16. The number of halogens is 5. The van der Waals surface area contributed by atoms with Crippen molar-refractivity contribution >= 4 is 64.0 Å². The van der Waals surface area contributed by atoms with Crippen molar-refractivity contribution < 1.29 is 9.90 Å².